The molecule has 1 aromatic rings. The number of carbonyl (C=O) groups excluding carboxylic acids is 1. The lowest BCUT2D eigenvalue weighted by atomic mass is 10.1. The Morgan fingerprint density at radius 3 is 2.88 bits per heavy atom. The van der Waals surface area contributed by atoms with Crippen molar-refractivity contribution in [2.24, 2.45) is 0 Å². The molecule has 0 radical (unpaired) electrons. The number of benzene rings is 1. The van der Waals surface area contributed by atoms with Crippen LogP contribution in [0.5, 0.6) is 0 Å². The van der Waals surface area contributed by atoms with Crippen LogP contribution in [0.3, 0.4) is 0 Å². The van der Waals surface area contributed by atoms with Gasteiger partial charge in [0, 0.05) is 26.1 Å². The van der Waals surface area contributed by atoms with Crippen molar-refractivity contribution in [3.05, 3.63) is 35.1 Å². The summed E-state index contributed by atoms with van der Waals surface area (Å²) in [5, 5.41) is 5.86. The second-order valence-corrected chi connectivity index (χ2v) is 3.95. The summed E-state index contributed by atoms with van der Waals surface area (Å²) in [5.74, 6) is -0.188. The summed E-state index contributed by atoms with van der Waals surface area (Å²) in [4.78, 5) is 11.2. The van der Waals surface area contributed by atoms with Crippen LogP contribution in [0.15, 0.2) is 18.2 Å². The first-order chi connectivity index (χ1) is 8.13. The Kier molecular flexibility index (Phi) is 5.63. The first-order valence-corrected chi connectivity index (χ1v) is 5.86. The average Bonchev–Trinajstić information content (AvgIpc) is 2.29. The van der Waals surface area contributed by atoms with Crippen molar-refractivity contribution in [2.45, 2.75) is 26.8 Å². The zero-order chi connectivity index (χ0) is 12.7. The van der Waals surface area contributed by atoms with Gasteiger partial charge >= 0.3 is 0 Å². The average molecular weight is 238 g/mol. The highest BCUT2D eigenvalue weighted by Gasteiger charge is 2.01. The number of aryl methyl sites for hydroxylation is 1. The van der Waals surface area contributed by atoms with E-state index in [4.69, 9.17) is 0 Å². The lowest BCUT2D eigenvalue weighted by Gasteiger charge is -2.08. The summed E-state index contributed by atoms with van der Waals surface area (Å²) in [7, 11) is 0. The van der Waals surface area contributed by atoms with Crippen LogP contribution >= 0.6 is 0 Å². The van der Waals surface area contributed by atoms with Crippen LogP contribution in [0.4, 0.5) is 4.39 Å². The first kappa shape index (κ1) is 13.6. The third-order valence-electron chi connectivity index (χ3n) is 2.53. The molecule has 0 atom stereocenters. The van der Waals surface area contributed by atoms with Crippen LogP contribution in [0.25, 0.3) is 0 Å². The van der Waals surface area contributed by atoms with E-state index in [1.165, 1.54) is 12.1 Å². The van der Waals surface area contributed by atoms with Crippen LogP contribution in [-0.2, 0) is 11.3 Å². The number of nitrogens with one attached hydrogen (secondary N) is 2. The molecule has 17 heavy (non-hydrogen) atoms. The lowest BCUT2D eigenvalue weighted by Crippen LogP contribution is -2.27. The van der Waals surface area contributed by atoms with E-state index in [1.807, 2.05) is 13.8 Å². The van der Waals surface area contributed by atoms with Crippen LogP contribution in [0.1, 0.15) is 24.5 Å². The molecule has 0 aliphatic rings. The van der Waals surface area contributed by atoms with Crippen LogP contribution < -0.4 is 10.6 Å². The molecule has 0 spiro atoms. The van der Waals surface area contributed by atoms with E-state index in [2.05, 4.69) is 10.6 Å². The second-order valence-electron chi connectivity index (χ2n) is 3.95. The molecule has 0 aliphatic heterocycles. The van der Waals surface area contributed by atoms with E-state index in [-0.39, 0.29) is 11.7 Å². The predicted octanol–water partition coefficient (Wildman–Crippen LogP) is 1.75. The van der Waals surface area contributed by atoms with Gasteiger partial charge in [-0.25, -0.2) is 4.39 Å². The Hall–Kier alpha value is -1.42. The van der Waals surface area contributed by atoms with Crippen LogP contribution in [-0.4, -0.2) is 19.0 Å². The van der Waals surface area contributed by atoms with Crippen molar-refractivity contribution in [1.82, 2.24) is 10.6 Å². The Morgan fingerprint density at radius 2 is 2.18 bits per heavy atom. The Morgan fingerprint density at radius 1 is 1.41 bits per heavy atom. The number of halogens is 1. The summed E-state index contributed by atoms with van der Waals surface area (Å²) in [5.41, 5.74) is 1.98. The minimum Gasteiger partial charge on any atom is -0.356 e. The van der Waals surface area contributed by atoms with Crippen LogP contribution in [0, 0.1) is 12.7 Å². The summed E-state index contributed by atoms with van der Waals surface area (Å²) < 4.78 is 13.0. The number of carbonyl (C=O) groups is 1. The van der Waals surface area contributed by atoms with Gasteiger partial charge in [0.1, 0.15) is 5.82 Å². The van der Waals surface area contributed by atoms with Gasteiger partial charge in [-0.15, -0.1) is 0 Å². The molecule has 1 amide bonds. The number of hydrogen-bond donors (Lipinski definition) is 2. The van der Waals surface area contributed by atoms with E-state index < -0.39 is 0 Å². The van der Waals surface area contributed by atoms with Crippen molar-refractivity contribution >= 4 is 5.91 Å². The molecule has 0 aliphatic carbocycles. The molecule has 1 rings (SSSR count). The van der Waals surface area contributed by atoms with E-state index >= 15 is 0 Å². The predicted molar refractivity (Wildman–Crippen MR) is 66.1 cm³/mol. The highest BCUT2D eigenvalue weighted by atomic mass is 19.1. The topological polar surface area (TPSA) is 41.1 Å². The maximum absolute atomic E-state index is 13.0. The molecular weight excluding hydrogens is 219 g/mol. The third kappa shape index (κ3) is 4.95. The lowest BCUT2D eigenvalue weighted by molar-refractivity contribution is -0.120. The van der Waals surface area contributed by atoms with Crippen molar-refractivity contribution in [3.8, 4) is 0 Å². The van der Waals surface area contributed by atoms with Crippen molar-refractivity contribution < 1.29 is 9.18 Å². The molecule has 0 saturated heterocycles. The molecule has 3 nitrogen and oxygen atoms in total. The van der Waals surface area contributed by atoms with Gasteiger partial charge in [-0.2, -0.15) is 0 Å². The molecule has 2 N–H and O–H groups in total. The van der Waals surface area contributed by atoms with Gasteiger partial charge in [-0.1, -0.05) is 6.07 Å². The van der Waals surface area contributed by atoms with Crippen LogP contribution in [0.2, 0.25) is 0 Å². The summed E-state index contributed by atoms with van der Waals surface area (Å²) in [6.07, 6.45) is 0.447. The SMILES string of the molecule is CCNC(=O)CCNCc1cc(F)ccc1C. The van der Waals surface area contributed by atoms with E-state index in [1.54, 1.807) is 6.07 Å². The summed E-state index contributed by atoms with van der Waals surface area (Å²) >= 11 is 0. The summed E-state index contributed by atoms with van der Waals surface area (Å²) in [6, 6.07) is 4.73. The normalized spacial score (nSPS) is 10.3. The van der Waals surface area contributed by atoms with E-state index in [0.717, 1.165) is 11.1 Å². The Balaban J connectivity index is 2.31. The summed E-state index contributed by atoms with van der Waals surface area (Å²) in [6.45, 7) is 5.67. The molecule has 94 valence electrons. The zero-order valence-corrected chi connectivity index (χ0v) is 10.3. The van der Waals surface area contributed by atoms with Gasteiger partial charge < -0.3 is 10.6 Å². The van der Waals surface area contributed by atoms with E-state index in [9.17, 15) is 9.18 Å². The van der Waals surface area contributed by atoms with E-state index in [0.29, 0.717) is 26.1 Å². The second kappa shape index (κ2) is 7.01. The van der Waals surface area contributed by atoms with Gasteiger partial charge in [0.05, 0.1) is 0 Å². The van der Waals surface area contributed by atoms with Gasteiger partial charge in [-0.3, -0.25) is 4.79 Å². The number of amides is 1. The maximum atomic E-state index is 13.0. The first-order valence-electron chi connectivity index (χ1n) is 5.86. The van der Waals surface area contributed by atoms with Crippen molar-refractivity contribution in [2.75, 3.05) is 13.1 Å². The minimum absolute atomic E-state index is 0.0379. The fourth-order valence-electron chi connectivity index (χ4n) is 1.54. The highest BCUT2D eigenvalue weighted by molar-refractivity contribution is 5.75. The van der Waals surface area contributed by atoms with Gasteiger partial charge in [0.25, 0.3) is 0 Å². The van der Waals surface area contributed by atoms with Gasteiger partial charge in [0.2, 0.25) is 5.91 Å². The Bertz CT molecular complexity index is 380. The molecular formula is C13H19FN2O. The van der Waals surface area contributed by atoms with Crippen molar-refractivity contribution in [3.63, 3.8) is 0 Å². The molecule has 0 bridgehead atoms. The fourth-order valence-corrected chi connectivity index (χ4v) is 1.54. The quantitative estimate of drug-likeness (QED) is 0.741. The highest BCUT2D eigenvalue weighted by Crippen LogP contribution is 2.09. The standard InChI is InChI=1S/C13H19FN2O/c1-3-16-13(17)6-7-15-9-11-8-12(14)5-4-10(11)2/h4-5,8,15H,3,6-7,9H2,1-2H3,(H,16,17). The smallest absolute Gasteiger partial charge is 0.221 e. The zero-order valence-electron chi connectivity index (χ0n) is 10.3. The monoisotopic (exact) mass is 238 g/mol. The molecule has 0 unspecified atom stereocenters. The molecule has 0 aromatic heterocycles. The van der Waals surface area contributed by atoms with Gasteiger partial charge in [-0.05, 0) is 37.1 Å². The molecule has 0 heterocycles. The van der Waals surface area contributed by atoms with Crippen molar-refractivity contribution in [1.29, 1.82) is 0 Å². The van der Waals surface area contributed by atoms with Gasteiger partial charge in [0.15, 0.2) is 0 Å². The number of rotatable bonds is 6. The fraction of sp³-hybridized carbons (Fsp3) is 0.462. The Labute approximate surface area is 101 Å². The third-order valence-corrected chi connectivity index (χ3v) is 2.53. The molecule has 0 fully saturated rings. The largest absolute Gasteiger partial charge is 0.356 e. The molecule has 1 aromatic carbocycles. The minimum atomic E-state index is -0.226. The molecule has 4 heteroatoms. The number of hydrogen-bond acceptors (Lipinski definition) is 2. The maximum Gasteiger partial charge on any atom is 0.221 e. The molecule has 0 saturated carbocycles.